The third-order valence-corrected chi connectivity index (χ3v) is 3.32. The summed E-state index contributed by atoms with van der Waals surface area (Å²) in [5, 5.41) is 3.30. The average molecular weight is 285 g/mol. The van der Waals surface area contributed by atoms with Crippen molar-refractivity contribution in [2.75, 3.05) is 13.7 Å². The lowest BCUT2D eigenvalue weighted by Crippen LogP contribution is -2.11. The minimum Gasteiger partial charge on any atom is -0.493 e. The van der Waals surface area contributed by atoms with E-state index in [1.807, 2.05) is 12.1 Å². The molecule has 112 valence electrons. The van der Waals surface area contributed by atoms with Crippen molar-refractivity contribution in [3.8, 4) is 11.5 Å². The first-order chi connectivity index (χ1) is 10.2. The summed E-state index contributed by atoms with van der Waals surface area (Å²) in [5.41, 5.74) is 3.60. The number of ether oxygens (including phenoxy) is 2. The molecule has 21 heavy (non-hydrogen) atoms. The van der Waals surface area contributed by atoms with Crippen LogP contribution in [0.1, 0.15) is 23.6 Å². The molecule has 2 aromatic carbocycles. The molecule has 2 rings (SSSR count). The van der Waals surface area contributed by atoms with Crippen LogP contribution < -0.4 is 14.8 Å². The molecule has 0 heterocycles. The van der Waals surface area contributed by atoms with Gasteiger partial charge < -0.3 is 14.8 Å². The van der Waals surface area contributed by atoms with Gasteiger partial charge in [-0.05, 0) is 36.7 Å². The number of benzene rings is 2. The van der Waals surface area contributed by atoms with E-state index < -0.39 is 0 Å². The van der Waals surface area contributed by atoms with Crippen molar-refractivity contribution < 1.29 is 9.47 Å². The first kappa shape index (κ1) is 15.4. The molecule has 0 fully saturated rings. The molecule has 2 aromatic rings. The van der Waals surface area contributed by atoms with Gasteiger partial charge >= 0.3 is 0 Å². The van der Waals surface area contributed by atoms with Gasteiger partial charge in [-0.2, -0.15) is 0 Å². The monoisotopic (exact) mass is 285 g/mol. The molecule has 0 unspecified atom stereocenters. The molecule has 0 radical (unpaired) electrons. The van der Waals surface area contributed by atoms with Gasteiger partial charge in [0.05, 0.1) is 7.11 Å². The molecular weight excluding hydrogens is 262 g/mol. The summed E-state index contributed by atoms with van der Waals surface area (Å²) < 4.78 is 11.3. The highest BCUT2D eigenvalue weighted by molar-refractivity contribution is 5.43. The van der Waals surface area contributed by atoms with Gasteiger partial charge in [-0.1, -0.05) is 42.8 Å². The standard InChI is InChI=1S/C18H23NO2/c1-4-19-12-16-9-10-17(18(11-16)20-3)21-13-15-7-5-14(2)6-8-15/h5-11,19H,4,12-13H2,1-3H3. The maximum absolute atomic E-state index is 5.87. The summed E-state index contributed by atoms with van der Waals surface area (Å²) in [4.78, 5) is 0. The Labute approximate surface area is 126 Å². The van der Waals surface area contributed by atoms with Gasteiger partial charge in [-0.25, -0.2) is 0 Å². The lowest BCUT2D eigenvalue weighted by molar-refractivity contribution is 0.284. The molecule has 0 aliphatic heterocycles. The Bertz CT molecular complexity index is 564. The van der Waals surface area contributed by atoms with Gasteiger partial charge in [-0.3, -0.25) is 0 Å². The SMILES string of the molecule is CCNCc1ccc(OCc2ccc(C)cc2)c(OC)c1. The van der Waals surface area contributed by atoms with Crippen molar-refractivity contribution in [1.82, 2.24) is 5.32 Å². The lowest BCUT2D eigenvalue weighted by atomic mass is 10.1. The van der Waals surface area contributed by atoms with Crippen LogP contribution in [-0.2, 0) is 13.2 Å². The highest BCUT2D eigenvalue weighted by Crippen LogP contribution is 2.28. The molecule has 0 aromatic heterocycles. The van der Waals surface area contributed by atoms with Crippen molar-refractivity contribution in [3.63, 3.8) is 0 Å². The van der Waals surface area contributed by atoms with Gasteiger partial charge in [0.1, 0.15) is 6.61 Å². The number of methoxy groups -OCH3 is 1. The van der Waals surface area contributed by atoms with Crippen LogP contribution in [-0.4, -0.2) is 13.7 Å². The Kier molecular flexibility index (Phi) is 5.64. The first-order valence-electron chi connectivity index (χ1n) is 7.29. The quantitative estimate of drug-likeness (QED) is 0.841. The van der Waals surface area contributed by atoms with Gasteiger partial charge in [0.2, 0.25) is 0 Å². The number of rotatable bonds is 7. The summed E-state index contributed by atoms with van der Waals surface area (Å²) in [6, 6.07) is 14.4. The van der Waals surface area contributed by atoms with E-state index in [2.05, 4.69) is 49.5 Å². The number of hydrogen-bond donors (Lipinski definition) is 1. The van der Waals surface area contributed by atoms with E-state index in [1.165, 1.54) is 11.1 Å². The van der Waals surface area contributed by atoms with Crippen LogP contribution >= 0.6 is 0 Å². The maximum atomic E-state index is 5.87. The summed E-state index contributed by atoms with van der Waals surface area (Å²) in [7, 11) is 1.67. The van der Waals surface area contributed by atoms with Crippen molar-refractivity contribution >= 4 is 0 Å². The Morgan fingerprint density at radius 1 is 0.952 bits per heavy atom. The van der Waals surface area contributed by atoms with Crippen molar-refractivity contribution in [2.45, 2.75) is 27.0 Å². The second-order valence-corrected chi connectivity index (χ2v) is 5.04. The van der Waals surface area contributed by atoms with E-state index in [0.29, 0.717) is 6.61 Å². The Morgan fingerprint density at radius 3 is 2.33 bits per heavy atom. The topological polar surface area (TPSA) is 30.5 Å². The van der Waals surface area contributed by atoms with Gasteiger partial charge in [-0.15, -0.1) is 0 Å². The van der Waals surface area contributed by atoms with Gasteiger partial charge in [0, 0.05) is 6.54 Å². The third-order valence-electron chi connectivity index (χ3n) is 3.32. The van der Waals surface area contributed by atoms with E-state index in [0.717, 1.165) is 30.2 Å². The summed E-state index contributed by atoms with van der Waals surface area (Å²) in [6.45, 7) is 6.51. The summed E-state index contributed by atoms with van der Waals surface area (Å²) in [5.74, 6) is 1.55. The normalized spacial score (nSPS) is 10.4. The molecule has 1 N–H and O–H groups in total. The smallest absolute Gasteiger partial charge is 0.161 e. The van der Waals surface area contributed by atoms with Gasteiger partial charge in [0.25, 0.3) is 0 Å². The van der Waals surface area contributed by atoms with E-state index >= 15 is 0 Å². The fraction of sp³-hybridized carbons (Fsp3) is 0.333. The molecule has 0 bridgehead atoms. The van der Waals surface area contributed by atoms with Crippen LogP contribution in [0.2, 0.25) is 0 Å². The predicted molar refractivity (Wildman–Crippen MR) is 85.9 cm³/mol. The minimum atomic E-state index is 0.545. The second-order valence-electron chi connectivity index (χ2n) is 5.04. The third kappa shape index (κ3) is 4.50. The van der Waals surface area contributed by atoms with Crippen LogP contribution in [0.15, 0.2) is 42.5 Å². The molecule has 0 saturated heterocycles. The van der Waals surface area contributed by atoms with Crippen LogP contribution in [0.25, 0.3) is 0 Å². The largest absolute Gasteiger partial charge is 0.493 e. The fourth-order valence-corrected chi connectivity index (χ4v) is 2.06. The van der Waals surface area contributed by atoms with E-state index in [9.17, 15) is 0 Å². The molecule has 0 atom stereocenters. The van der Waals surface area contributed by atoms with Crippen LogP contribution in [0.5, 0.6) is 11.5 Å². The number of hydrogen-bond acceptors (Lipinski definition) is 3. The zero-order valence-corrected chi connectivity index (χ0v) is 13.0. The zero-order valence-electron chi connectivity index (χ0n) is 13.0. The van der Waals surface area contributed by atoms with Crippen LogP contribution in [0.4, 0.5) is 0 Å². The Morgan fingerprint density at radius 2 is 1.67 bits per heavy atom. The van der Waals surface area contributed by atoms with Crippen LogP contribution in [0, 0.1) is 6.92 Å². The summed E-state index contributed by atoms with van der Waals surface area (Å²) in [6.07, 6.45) is 0. The lowest BCUT2D eigenvalue weighted by Gasteiger charge is -2.12. The molecule has 0 saturated carbocycles. The summed E-state index contributed by atoms with van der Waals surface area (Å²) >= 11 is 0. The molecular formula is C18H23NO2. The predicted octanol–water partition coefficient (Wildman–Crippen LogP) is 3.69. The highest BCUT2D eigenvalue weighted by Gasteiger charge is 2.06. The molecule has 0 aliphatic carbocycles. The molecule has 0 aliphatic rings. The minimum absolute atomic E-state index is 0.545. The number of nitrogens with one attached hydrogen (secondary N) is 1. The maximum Gasteiger partial charge on any atom is 0.161 e. The molecule has 3 heteroatoms. The molecule has 0 spiro atoms. The van der Waals surface area contributed by atoms with Crippen molar-refractivity contribution in [1.29, 1.82) is 0 Å². The number of aryl methyl sites for hydroxylation is 1. The highest BCUT2D eigenvalue weighted by atomic mass is 16.5. The molecule has 0 amide bonds. The van der Waals surface area contributed by atoms with Crippen molar-refractivity contribution in [2.24, 2.45) is 0 Å². The Balaban J connectivity index is 2.03. The van der Waals surface area contributed by atoms with Gasteiger partial charge in [0.15, 0.2) is 11.5 Å². The van der Waals surface area contributed by atoms with Crippen LogP contribution in [0.3, 0.4) is 0 Å². The van der Waals surface area contributed by atoms with E-state index in [1.54, 1.807) is 7.11 Å². The Hall–Kier alpha value is -2.00. The van der Waals surface area contributed by atoms with E-state index in [4.69, 9.17) is 9.47 Å². The van der Waals surface area contributed by atoms with E-state index in [-0.39, 0.29) is 0 Å². The fourth-order valence-electron chi connectivity index (χ4n) is 2.06. The second kappa shape index (κ2) is 7.70. The molecule has 3 nitrogen and oxygen atoms in total. The average Bonchev–Trinajstić information content (AvgIpc) is 2.52. The first-order valence-corrected chi connectivity index (χ1v) is 7.29. The zero-order chi connectivity index (χ0) is 15.1. The van der Waals surface area contributed by atoms with Crippen molar-refractivity contribution in [3.05, 3.63) is 59.2 Å².